The highest BCUT2D eigenvalue weighted by atomic mass is 19.4. The molecule has 92 valence electrons. The van der Waals surface area contributed by atoms with E-state index in [1.807, 2.05) is 0 Å². The summed E-state index contributed by atoms with van der Waals surface area (Å²) in [6.45, 7) is -3.22. The van der Waals surface area contributed by atoms with Gasteiger partial charge in [0.05, 0.1) is 11.3 Å². The molecule has 0 atom stereocenters. The summed E-state index contributed by atoms with van der Waals surface area (Å²) in [6.07, 6.45) is -4.66. The molecule has 0 heterocycles. The summed E-state index contributed by atoms with van der Waals surface area (Å²) in [5, 5.41) is 2.86. The molecular weight excluding hydrogens is 249 g/mol. The van der Waals surface area contributed by atoms with Gasteiger partial charge in [0.2, 0.25) is 0 Å². The van der Waals surface area contributed by atoms with E-state index in [0.717, 1.165) is 0 Å². The lowest BCUT2D eigenvalue weighted by atomic mass is 10.2. The molecule has 9 heteroatoms. The number of nitrogens with zero attached hydrogens (tertiary/aromatic N) is 3. The molecule has 0 unspecified atom stereocenters. The molecule has 0 fully saturated rings. The van der Waals surface area contributed by atoms with Crippen LogP contribution in [0.1, 0.15) is 5.56 Å². The molecule has 1 rings (SSSR count). The number of azide groups is 1. The molecule has 0 N–H and O–H groups in total. The van der Waals surface area contributed by atoms with Crippen LogP contribution in [0, 0.1) is 0 Å². The topological polar surface area (TPSA) is 58.0 Å². The highest BCUT2D eigenvalue weighted by molar-refractivity contribution is 5.54. The Morgan fingerprint density at radius 2 is 1.94 bits per heavy atom. The van der Waals surface area contributed by atoms with E-state index in [9.17, 15) is 22.0 Å². The minimum atomic E-state index is -4.66. The molecule has 0 amide bonds. The van der Waals surface area contributed by atoms with Gasteiger partial charge in [-0.05, 0) is 23.7 Å². The monoisotopic (exact) mass is 253 g/mol. The van der Waals surface area contributed by atoms with Gasteiger partial charge in [-0.25, -0.2) is 0 Å². The van der Waals surface area contributed by atoms with Crippen LogP contribution in [0.4, 0.5) is 27.6 Å². The van der Waals surface area contributed by atoms with Gasteiger partial charge in [-0.2, -0.15) is 22.0 Å². The lowest BCUT2D eigenvalue weighted by Gasteiger charge is -2.11. The van der Waals surface area contributed by atoms with Crippen LogP contribution in [-0.4, -0.2) is 6.61 Å². The standard InChI is InChI=1S/C8H4F5N3O/c9-7(10)17-6-2-1-4(8(11,12)13)3-5(6)15-16-14/h1-3,7H. The van der Waals surface area contributed by atoms with Crippen molar-refractivity contribution in [1.82, 2.24) is 0 Å². The maximum Gasteiger partial charge on any atom is 0.416 e. The van der Waals surface area contributed by atoms with E-state index in [2.05, 4.69) is 14.8 Å². The molecule has 0 saturated heterocycles. The van der Waals surface area contributed by atoms with Gasteiger partial charge < -0.3 is 4.74 Å². The zero-order chi connectivity index (χ0) is 13.1. The maximum atomic E-state index is 12.3. The number of benzene rings is 1. The summed E-state index contributed by atoms with van der Waals surface area (Å²) < 4.78 is 64.5. The fourth-order valence-electron chi connectivity index (χ4n) is 1.02. The van der Waals surface area contributed by atoms with Crippen molar-refractivity contribution in [3.63, 3.8) is 0 Å². The molecule has 1 aromatic carbocycles. The van der Waals surface area contributed by atoms with Crippen molar-refractivity contribution in [2.45, 2.75) is 12.8 Å². The van der Waals surface area contributed by atoms with Crippen LogP contribution in [0.5, 0.6) is 5.75 Å². The lowest BCUT2D eigenvalue weighted by Crippen LogP contribution is -2.06. The smallest absolute Gasteiger partial charge is 0.416 e. The van der Waals surface area contributed by atoms with Crippen LogP contribution in [0.15, 0.2) is 23.3 Å². The van der Waals surface area contributed by atoms with Crippen LogP contribution in [0.25, 0.3) is 10.4 Å². The number of hydrogen-bond donors (Lipinski definition) is 0. The second-order valence-electron chi connectivity index (χ2n) is 2.75. The molecule has 0 aliphatic heterocycles. The predicted molar refractivity (Wildman–Crippen MR) is 46.9 cm³/mol. The van der Waals surface area contributed by atoms with Crippen molar-refractivity contribution in [3.05, 3.63) is 34.2 Å². The Morgan fingerprint density at radius 3 is 2.41 bits per heavy atom. The Labute approximate surface area is 91.2 Å². The molecule has 0 saturated carbocycles. The Morgan fingerprint density at radius 1 is 1.29 bits per heavy atom. The van der Waals surface area contributed by atoms with E-state index in [4.69, 9.17) is 5.53 Å². The van der Waals surface area contributed by atoms with Gasteiger partial charge in [0.25, 0.3) is 0 Å². The first kappa shape index (κ1) is 13.0. The fraction of sp³-hybridized carbons (Fsp3) is 0.250. The van der Waals surface area contributed by atoms with E-state index in [1.54, 1.807) is 0 Å². The van der Waals surface area contributed by atoms with Crippen molar-refractivity contribution >= 4 is 5.69 Å². The van der Waals surface area contributed by atoms with Crippen LogP contribution in [0.3, 0.4) is 0 Å². The largest absolute Gasteiger partial charge is 0.434 e. The summed E-state index contributed by atoms with van der Waals surface area (Å²) in [5.41, 5.74) is 6.33. The molecule has 17 heavy (non-hydrogen) atoms. The first-order valence-corrected chi connectivity index (χ1v) is 4.05. The Bertz CT molecular complexity index is 453. The molecule has 0 bridgehead atoms. The minimum absolute atomic E-state index is 0.428. The SMILES string of the molecule is [N-]=[N+]=Nc1cc(C(F)(F)F)ccc1OC(F)F. The highest BCUT2D eigenvalue weighted by Crippen LogP contribution is 2.36. The summed E-state index contributed by atoms with van der Waals surface area (Å²) >= 11 is 0. The molecule has 0 aliphatic rings. The zero-order valence-corrected chi connectivity index (χ0v) is 7.95. The third kappa shape index (κ3) is 3.49. The Balaban J connectivity index is 3.22. The molecular formula is C8H4F5N3O. The average Bonchev–Trinajstić information content (AvgIpc) is 2.18. The van der Waals surface area contributed by atoms with E-state index in [-0.39, 0.29) is 0 Å². The summed E-state index contributed by atoms with van der Waals surface area (Å²) in [4.78, 5) is 2.23. The van der Waals surface area contributed by atoms with Crippen molar-refractivity contribution in [2.75, 3.05) is 0 Å². The van der Waals surface area contributed by atoms with E-state index in [0.29, 0.717) is 18.2 Å². The second kappa shape index (κ2) is 4.88. The highest BCUT2D eigenvalue weighted by Gasteiger charge is 2.31. The second-order valence-corrected chi connectivity index (χ2v) is 2.75. The number of ether oxygens (including phenoxy) is 1. The van der Waals surface area contributed by atoms with Crippen molar-refractivity contribution in [3.8, 4) is 5.75 Å². The molecule has 0 radical (unpaired) electrons. The fourth-order valence-corrected chi connectivity index (χ4v) is 1.02. The van der Waals surface area contributed by atoms with Crippen LogP contribution >= 0.6 is 0 Å². The number of hydrogen-bond acceptors (Lipinski definition) is 2. The van der Waals surface area contributed by atoms with Crippen LogP contribution in [0.2, 0.25) is 0 Å². The Hall–Kier alpha value is -2.02. The lowest BCUT2D eigenvalue weighted by molar-refractivity contribution is -0.137. The minimum Gasteiger partial charge on any atom is -0.434 e. The summed E-state index contributed by atoms with van der Waals surface area (Å²) in [5.74, 6) is -0.620. The number of rotatable bonds is 3. The first-order valence-electron chi connectivity index (χ1n) is 4.05. The molecule has 0 aliphatic carbocycles. The van der Waals surface area contributed by atoms with E-state index >= 15 is 0 Å². The summed E-state index contributed by atoms with van der Waals surface area (Å²) in [6, 6.07) is 1.64. The van der Waals surface area contributed by atoms with Gasteiger partial charge in [0, 0.05) is 4.91 Å². The number of halogens is 5. The third-order valence-electron chi connectivity index (χ3n) is 1.65. The quantitative estimate of drug-likeness (QED) is 0.344. The van der Waals surface area contributed by atoms with E-state index in [1.165, 1.54) is 0 Å². The molecule has 0 spiro atoms. The number of alkyl halides is 5. The maximum absolute atomic E-state index is 12.3. The van der Waals surface area contributed by atoms with Gasteiger partial charge >= 0.3 is 12.8 Å². The van der Waals surface area contributed by atoms with Crippen molar-refractivity contribution < 1.29 is 26.7 Å². The molecule has 0 aromatic heterocycles. The van der Waals surface area contributed by atoms with Gasteiger partial charge in [-0.3, -0.25) is 0 Å². The molecule has 4 nitrogen and oxygen atoms in total. The van der Waals surface area contributed by atoms with Crippen molar-refractivity contribution in [1.29, 1.82) is 0 Å². The van der Waals surface area contributed by atoms with Crippen LogP contribution < -0.4 is 4.74 Å². The summed E-state index contributed by atoms with van der Waals surface area (Å²) in [7, 11) is 0. The average molecular weight is 253 g/mol. The van der Waals surface area contributed by atoms with Crippen LogP contribution in [-0.2, 0) is 6.18 Å². The predicted octanol–water partition coefficient (Wildman–Crippen LogP) is 4.25. The van der Waals surface area contributed by atoms with Gasteiger partial charge in [-0.15, -0.1) is 0 Å². The van der Waals surface area contributed by atoms with Crippen molar-refractivity contribution in [2.24, 2.45) is 5.11 Å². The Kier molecular flexibility index (Phi) is 3.74. The zero-order valence-electron chi connectivity index (χ0n) is 7.95. The van der Waals surface area contributed by atoms with Gasteiger partial charge in [0.15, 0.2) is 0 Å². The first-order chi connectivity index (χ1) is 7.84. The van der Waals surface area contributed by atoms with E-state index < -0.39 is 29.8 Å². The van der Waals surface area contributed by atoms with Gasteiger partial charge in [0.1, 0.15) is 5.75 Å². The normalized spacial score (nSPS) is 11.2. The molecule has 1 aromatic rings. The third-order valence-corrected chi connectivity index (χ3v) is 1.65. The van der Waals surface area contributed by atoms with Gasteiger partial charge in [-0.1, -0.05) is 5.11 Å².